The van der Waals surface area contributed by atoms with Crippen LogP contribution >= 0.6 is 11.3 Å². The van der Waals surface area contributed by atoms with Crippen molar-refractivity contribution in [2.24, 2.45) is 0 Å². The van der Waals surface area contributed by atoms with E-state index >= 15 is 0 Å². The number of sulfonamides is 1. The smallest absolute Gasteiger partial charge is 0.270 e. The van der Waals surface area contributed by atoms with Crippen molar-refractivity contribution in [2.75, 3.05) is 13.1 Å². The second kappa shape index (κ2) is 7.41. The third kappa shape index (κ3) is 3.55. The normalized spacial score (nSPS) is 16.3. The number of hydrogen-bond donors (Lipinski definition) is 0. The predicted molar refractivity (Wildman–Crippen MR) is 101 cm³/mol. The molecular weight excluding hydrogens is 404 g/mol. The molecule has 0 spiro atoms. The Bertz CT molecular complexity index is 1090. The molecule has 0 bridgehead atoms. The molecule has 3 aromatic rings. The van der Waals surface area contributed by atoms with Gasteiger partial charge in [0.2, 0.25) is 21.8 Å². The first-order chi connectivity index (χ1) is 13.4. The average molecular weight is 420 g/mol. The summed E-state index contributed by atoms with van der Waals surface area (Å²) >= 11 is 1.54. The fourth-order valence-corrected chi connectivity index (χ4v) is 5.29. The molecule has 0 saturated carbocycles. The standard InChI is InChI=1S/C17H16N4O5S2/c22-21(23)14-2-1-3-15(10-14)28(24,25)20-7-4-12(5-8-20)16-18-19-17(26-16)13-6-9-27-11-13/h1-3,6,9-12H,4-5,7-8H2. The van der Waals surface area contributed by atoms with Gasteiger partial charge in [-0.15, -0.1) is 10.2 Å². The van der Waals surface area contributed by atoms with Crippen LogP contribution in [0.25, 0.3) is 11.5 Å². The number of hydrogen-bond acceptors (Lipinski definition) is 8. The highest BCUT2D eigenvalue weighted by atomic mass is 32.2. The number of benzene rings is 1. The minimum atomic E-state index is -3.79. The van der Waals surface area contributed by atoms with Gasteiger partial charge in [0.1, 0.15) is 0 Å². The van der Waals surface area contributed by atoms with Gasteiger partial charge in [0, 0.05) is 42.1 Å². The Labute approximate surface area is 164 Å². The Morgan fingerprint density at radius 2 is 2.00 bits per heavy atom. The van der Waals surface area contributed by atoms with Crippen LogP contribution in [0, 0.1) is 10.1 Å². The Morgan fingerprint density at radius 1 is 1.21 bits per heavy atom. The van der Waals surface area contributed by atoms with E-state index < -0.39 is 14.9 Å². The minimum absolute atomic E-state index is 0.0172. The molecule has 0 radical (unpaired) electrons. The zero-order valence-electron chi connectivity index (χ0n) is 14.6. The Morgan fingerprint density at radius 3 is 2.68 bits per heavy atom. The Kier molecular flexibility index (Phi) is 4.96. The van der Waals surface area contributed by atoms with E-state index in [-0.39, 0.29) is 29.6 Å². The van der Waals surface area contributed by atoms with Gasteiger partial charge in [0.05, 0.1) is 9.82 Å². The molecule has 0 unspecified atom stereocenters. The number of rotatable bonds is 5. The molecule has 1 fully saturated rings. The van der Waals surface area contributed by atoms with Crippen molar-refractivity contribution >= 4 is 27.0 Å². The largest absolute Gasteiger partial charge is 0.420 e. The van der Waals surface area contributed by atoms with E-state index in [1.165, 1.54) is 33.8 Å². The first-order valence-electron chi connectivity index (χ1n) is 8.56. The molecule has 1 saturated heterocycles. The highest BCUT2D eigenvalue weighted by Gasteiger charge is 2.32. The van der Waals surface area contributed by atoms with E-state index in [1.54, 1.807) is 0 Å². The Balaban J connectivity index is 1.46. The lowest BCUT2D eigenvalue weighted by Crippen LogP contribution is -2.38. The van der Waals surface area contributed by atoms with E-state index in [2.05, 4.69) is 10.2 Å². The molecule has 3 heterocycles. The van der Waals surface area contributed by atoms with Gasteiger partial charge < -0.3 is 4.42 Å². The summed E-state index contributed by atoms with van der Waals surface area (Å²) in [7, 11) is -3.79. The van der Waals surface area contributed by atoms with Crippen LogP contribution in [-0.2, 0) is 10.0 Å². The van der Waals surface area contributed by atoms with Crippen molar-refractivity contribution < 1.29 is 17.8 Å². The highest BCUT2D eigenvalue weighted by Crippen LogP contribution is 2.32. The molecule has 0 amide bonds. The molecule has 0 N–H and O–H groups in total. The van der Waals surface area contributed by atoms with Gasteiger partial charge in [-0.25, -0.2) is 8.42 Å². The average Bonchev–Trinajstić information content (AvgIpc) is 3.40. The third-order valence-electron chi connectivity index (χ3n) is 4.68. The molecule has 2 aromatic heterocycles. The first-order valence-corrected chi connectivity index (χ1v) is 10.9. The maximum Gasteiger partial charge on any atom is 0.270 e. The van der Waals surface area contributed by atoms with Crippen LogP contribution in [0.5, 0.6) is 0 Å². The summed E-state index contributed by atoms with van der Waals surface area (Å²) in [6.07, 6.45) is 1.08. The van der Waals surface area contributed by atoms with Crippen molar-refractivity contribution in [2.45, 2.75) is 23.7 Å². The van der Waals surface area contributed by atoms with Crippen LogP contribution in [0.3, 0.4) is 0 Å². The van der Waals surface area contributed by atoms with Crippen molar-refractivity contribution in [3.05, 3.63) is 57.1 Å². The molecule has 1 aromatic carbocycles. The minimum Gasteiger partial charge on any atom is -0.420 e. The third-order valence-corrected chi connectivity index (χ3v) is 7.26. The van der Waals surface area contributed by atoms with Gasteiger partial charge in [0.15, 0.2) is 0 Å². The van der Waals surface area contributed by atoms with Crippen LogP contribution < -0.4 is 0 Å². The van der Waals surface area contributed by atoms with E-state index in [4.69, 9.17) is 4.42 Å². The summed E-state index contributed by atoms with van der Waals surface area (Å²) in [5.74, 6) is 0.952. The summed E-state index contributed by atoms with van der Waals surface area (Å²) in [4.78, 5) is 10.2. The molecule has 11 heteroatoms. The number of nitrogens with zero attached hydrogens (tertiary/aromatic N) is 4. The quantitative estimate of drug-likeness (QED) is 0.459. The fraction of sp³-hybridized carbons (Fsp3) is 0.294. The SMILES string of the molecule is O=[N+]([O-])c1cccc(S(=O)(=O)N2CCC(c3nnc(-c4ccsc4)o3)CC2)c1. The number of thiophene rings is 1. The molecule has 28 heavy (non-hydrogen) atoms. The van der Waals surface area contributed by atoms with Crippen molar-refractivity contribution in [1.82, 2.24) is 14.5 Å². The second-order valence-corrected chi connectivity index (χ2v) is 9.11. The maximum absolute atomic E-state index is 12.8. The van der Waals surface area contributed by atoms with Gasteiger partial charge in [-0.3, -0.25) is 10.1 Å². The molecule has 146 valence electrons. The van der Waals surface area contributed by atoms with Crippen LogP contribution in [0.15, 0.2) is 50.4 Å². The predicted octanol–water partition coefficient (Wildman–Crippen LogP) is 3.27. The number of non-ortho nitro benzene ring substituents is 1. The molecule has 1 aliphatic rings. The summed E-state index contributed by atoms with van der Waals surface area (Å²) in [6.45, 7) is 0.567. The zero-order chi connectivity index (χ0) is 19.7. The van der Waals surface area contributed by atoms with Gasteiger partial charge >= 0.3 is 0 Å². The fourth-order valence-electron chi connectivity index (χ4n) is 3.15. The molecular formula is C17H16N4O5S2. The van der Waals surface area contributed by atoms with Crippen LogP contribution in [0.4, 0.5) is 5.69 Å². The van der Waals surface area contributed by atoms with Gasteiger partial charge in [-0.05, 0) is 30.4 Å². The number of aromatic nitrogens is 2. The lowest BCUT2D eigenvalue weighted by molar-refractivity contribution is -0.385. The Hall–Kier alpha value is -2.63. The highest BCUT2D eigenvalue weighted by molar-refractivity contribution is 7.89. The summed E-state index contributed by atoms with van der Waals surface area (Å²) in [5.41, 5.74) is 0.622. The van der Waals surface area contributed by atoms with Crippen molar-refractivity contribution in [1.29, 1.82) is 0 Å². The molecule has 4 rings (SSSR count). The molecule has 0 aliphatic carbocycles. The molecule has 9 nitrogen and oxygen atoms in total. The number of piperidine rings is 1. The van der Waals surface area contributed by atoms with Crippen LogP contribution in [0.2, 0.25) is 0 Å². The summed E-state index contributed by atoms with van der Waals surface area (Å²) in [5, 5.41) is 23.0. The van der Waals surface area contributed by atoms with Gasteiger partial charge in [-0.2, -0.15) is 15.6 Å². The first kappa shape index (κ1) is 18.7. The van der Waals surface area contributed by atoms with E-state index in [9.17, 15) is 18.5 Å². The molecule has 1 aliphatic heterocycles. The lowest BCUT2D eigenvalue weighted by Gasteiger charge is -2.29. The second-order valence-electron chi connectivity index (χ2n) is 6.39. The van der Waals surface area contributed by atoms with Crippen molar-refractivity contribution in [3.63, 3.8) is 0 Å². The van der Waals surface area contributed by atoms with Crippen LogP contribution in [-0.4, -0.2) is 40.9 Å². The summed E-state index contributed by atoms with van der Waals surface area (Å²) < 4.78 is 32.7. The number of nitro groups is 1. The van der Waals surface area contributed by atoms with E-state index in [1.807, 2.05) is 16.8 Å². The maximum atomic E-state index is 12.8. The van der Waals surface area contributed by atoms with E-state index in [0.29, 0.717) is 24.6 Å². The topological polar surface area (TPSA) is 119 Å². The summed E-state index contributed by atoms with van der Waals surface area (Å²) in [6, 6.07) is 7.01. The monoisotopic (exact) mass is 420 g/mol. The zero-order valence-corrected chi connectivity index (χ0v) is 16.2. The van der Waals surface area contributed by atoms with E-state index in [0.717, 1.165) is 11.6 Å². The van der Waals surface area contributed by atoms with Gasteiger partial charge in [-0.1, -0.05) is 6.07 Å². The molecule has 0 atom stereocenters. The van der Waals surface area contributed by atoms with Crippen LogP contribution in [0.1, 0.15) is 24.7 Å². The number of nitro benzene ring substituents is 1. The van der Waals surface area contributed by atoms with Crippen molar-refractivity contribution in [3.8, 4) is 11.5 Å². The lowest BCUT2D eigenvalue weighted by atomic mass is 9.98. The van der Waals surface area contributed by atoms with Gasteiger partial charge in [0.25, 0.3) is 5.69 Å².